The molecule has 0 atom stereocenters. The predicted molar refractivity (Wildman–Crippen MR) is 41.9 cm³/mol. The molecule has 2 nitrogen and oxygen atoms in total. The maximum absolute atomic E-state index is 8.28. The van der Waals surface area contributed by atoms with Crippen LogP contribution in [-0.2, 0) is 0 Å². The number of aliphatic hydroxyl groups is 1. The van der Waals surface area contributed by atoms with Crippen LogP contribution in [0.4, 0.5) is 0 Å². The van der Waals surface area contributed by atoms with Crippen LogP contribution in [0.5, 0.6) is 0 Å². The molecule has 0 aliphatic heterocycles. The molecule has 0 saturated heterocycles. The summed E-state index contributed by atoms with van der Waals surface area (Å²) in [5.74, 6) is 0. The number of hydrogen-bond acceptors (Lipinski definition) is 2. The molecule has 0 radical (unpaired) electrons. The van der Waals surface area contributed by atoms with E-state index in [1.165, 1.54) is 0 Å². The van der Waals surface area contributed by atoms with Crippen molar-refractivity contribution in [2.24, 2.45) is 0 Å². The molecule has 0 aliphatic rings. The molecular formula is C6H14ClNO. The third-order valence-electron chi connectivity index (χ3n) is 1.09. The van der Waals surface area contributed by atoms with Crippen molar-refractivity contribution in [2.45, 2.75) is 13.8 Å². The smallest absolute Gasteiger partial charge is 0.0950 e. The maximum atomic E-state index is 8.28. The van der Waals surface area contributed by atoms with Gasteiger partial charge in [-0.15, -0.1) is 12.4 Å². The zero-order chi connectivity index (χ0) is 6.41. The Labute approximate surface area is 62.6 Å². The van der Waals surface area contributed by atoms with Crippen molar-refractivity contribution in [3.8, 4) is 0 Å². The van der Waals surface area contributed by atoms with Gasteiger partial charge in [0.25, 0.3) is 0 Å². The summed E-state index contributed by atoms with van der Waals surface area (Å²) in [7, 11) is 0. The Bertz CT molecular complexity index is 71.5. The van der Waals surface area contributed by atoms with Crippen molar-refractivity contribution in [3.05, 3.63) is 12.5 Å². The number of nitrogens with zero attached hydrogens (tertiary/aromatic N) is 1. The monoisotopic (exact) mass is 151 g/mol. The minimum absolute atomic E-state index is 0. The summed E-state index contributed by atoms with van der Waals surface area (Å²) >= 11 is 0. The van der Waals surface area contributed by atoms with Gasteiger partial charge >= 0.3 is 0 Å². The molecule has 0 saturated carbocycles. The largest absolute Gasteiger partial charge is 0.514 e. The maximum Gasteiger partial charge on any atom is 0.0950 e. The normalized spacial score (nSPS) is 9.11. The average molecular weight is 152 g/mol. The van der Waals surface area contributed by atoms with Crippen LogP contribution in [0.25, 0.3) is 0 Å². The van der Waals surface area contributed by atoms with Gasteiger partial charge in [-0.3, -0.25) is 0 Å². The first-order valence-corrected chi connectivity index (χ1v) is 2.90. The molecule has 0 unspecified atom stereocenters. The van der Waals surface area contributed by atoms with E-state index in [9.17, 15) is 0 Å². The standard InChI is InChI=1S/C6H13NO.ClH/c1-3-7(4-2)5-6-8;/h5-6,8H,3-4H2,1-2H3;1H/b6-5+;. The SMILES string of the molecule is CCN(/C=C/O)CC.Cl. The van der Waals surface area contributed by atoms with E-state index in [2.05, 4.69) is 0 Å². The molecule has 9 heavy (non-hydrogen) atoms. The first-order chi connectivity index (χ1) is 3.85. The highest BCUT2D eigenvalue weighted by molar-refractivity contribution is 5.85. The molecule has 0 aromatic heterocycles. The average Bonchev–Trinajstić information content (AvgIpc) is 1.83. The Hall–Kier alpha value is -0.370. The summed E-state index contributed by atoms with van der Waals surface area (Å²) in [5.41, 5.74) is 0. The van der Waals surface area contributed by atoms with Crippen molar-refractivity contribution in [2.75, 3.05) is 13.1 Å². The van der Waals surface area contributed by atoms with Crippen molar-refractivity contribution in [1.29, 1.82) is 0 Å². The fourth-order valence-electron chi connectivity index (χ4n) is 0.529. The lowest BCUT2D eigenvalue weighted by Gasteiger charge is -2.12. The van der Waals surface area contributed by atoms with Gasteiger partial charge < -0.3 is 10.0 Å². The molecule has 56 valence electrons. The van der Waals surface area contributed by atoms with Crippen molar-refractivity contribution >= 4 is 12.4 Å². The zero-order valence-corrected chi connectivity index (χ0v) is 6.69. The molecule has 0 spiro atoms. The molecule has 0 rings (SSSR count). The van der Waals surface area contributed by atoms with Gasteiger partial charge in [-0.25, -0.2) is 0 Å². The minimum atomic E-state index is 0. The van der Waals surface area contributed by atoms with Crippen molar-refractivity contribution in [1.82, 2.24) is 4.90 Å². The van der Waals surface area contributed by atoms with Gasteiger partial charge in [0, 0.05) is 19.3 Å². The Morgan fingerprint density at radius 3 is 1.89 bits per heavy atom. The van der Waals surface area contributed by atoms with Gasteiger partial charge in [0.15, 0.2) is 0 Å². The summed E-state index contributed by atoms with van der Waals surface area (Å²) in [5, 5.41) is 8.28. The number of aliphatic hydroxyl groups excluding tert-OH is 1. The molecule has 1 N–H and O–H groups in total. The Kier molecular flexibility index (Phi) is 9.69. The summed E-state index contributed by atoms with van der Waals surface area (Å²) < 4.78 is 0. The molecule has 0 fully saturated rings. The van der Waals surface area contributed by atoms with E-state index in [-0.39, 0.29) is 12.4 Å². The van der Waals surface area contributed by atoms with Gasteiger partial charge in [-0.2, -0.15) is 0 Å². The van der Waals surface area contributed by atoms with E-state index in [4.69, 9.17) is 5.11 Å². The van der Waals surface area contributed by atoms with Crippen LogP contribution in [0.2, 0.25) is 0 Å². The third-order valence-corrected chi connectivity index (χ3v) is 1.09. The fourth-order valence-corrected chi connectivity index (χ4v) is 0.529. The van der Waals surface area contributed by atoms with E-state index in [1.54, 1.807) is 6.20 Å². The van der Waals surface area contributed by atoms with Crippen LogP contribution in [0, 0.1) is 0 Å². The lowest BCUT2D eigenvalue weighted by molar-refractivity contribution is 0.388. The van der Waals surface area contributed by atoms with Crippen LogP contribution in [0.3, 0.4) is 0 Å². The van der Waals surface area contributed by atoms with Gasteiger partial charge in [0.05, 0.1) is 6.26 Å². The first-order valence-electron chi connectivity index (χ1n) is 2.90. The van der Waals surface area contributed by atoms with Gasteiger partial charge in [-0.1, -0.05) is 0 Å². The molecule has 0 heterocycles. The fraction of sp³-hybridized carbons (Fsp3) is 0.667. The highest BCUT2D eigenvalue weighted by Gasteiger charge is 1.85. The predicted octanol–water partition coefficient (Wildman–Crippen LogP) is 1.78. The molecule has 0 amide bonds. The Balaban J connectivity index is 0. The van der Waals surface area contributed by atoms with Gasteiger partial charge in [-0.05, 0) is 13.8 Å². The van der Waals surface area contributed by atoms with E-state index >= 15 is 0 Å². The van der Waals surface area contributed by atoms with E-state index in [1.807, 2.05) is 18.7 Å². The summed E-state index contributed by atoms with van der Waals surface area (Å²) in [4.78, 5) is 2.00. The van der Waals surface area contributed by atoms with Crippen LogP contribution in [0.1, 0.15) is 13.8 Å². The number of hydrogen-bond donors (Lipinski definition) is 1. The number of rotatable bonds is 3. The van der Waals surface area contributed by atoms with Crippen LogP contribution < -0.4 is 0 Å². The summed E-state index contributed by atoms with van der Waals surface area (Å²) in [6.45, 7) is 5.99. The molecule has 0 aromatic carbocycles. The summed E-state index contributed by atoms with van der Waals surface area (Å²) in [6, 6.07) is 0. The minimum Gasteiger partial charge on any atom is -0.514 e. The Morgan fingerprint density at radius 1 is 1.33 bits per heavy atom. The first kappa shape index (κ1) is 11.4. The van der Waals surface area contributed by atoms with E-state index < -0.39 is 0 Å². The Morgan fingerprint density at radius 2 is 1.78 bits per heavy atom. The topological polar surface area (TPSA) is 23.5 Å². The van der Waals surface area contributed by atoms with Crippen LogP contribution in [-0.4, -0.2) is 23.1 Å². The molecule has 0 aromatic rings. The molecular weight excluding hydrogens is 138 g/mol. The van der Waals surface area contributed by atoms with E-state index in [0.717, 1.165) is 19.4 Å². The van der Waals surface area contributed by atoms with Crippen molar-refractivity contribution in [3.63, 3.8) is 0 Å². The zero-order valence-electron chi connectivity index (χ0n) is 5.87. The van der Waals surface area contributed by atoms with E-state index in [0.29, 0.717) is 0 Å². The highest BCUT2D eigenvalue weighted by atomic mass is 35.5. The molecule has 3 heteroatoms. The van der Waals surface area contributed by atoms with Gasteiger partial charge in [0.1, 0.15) is 0 Å². The lowest BCUT2D eigenvalue weighted by Crippen LogP contribution is -2.14. The second kappa shape index (κ2) is 7.63. The quantitative estimate of drug-likeness (QED) is 0.622. The third kappa shape index (κ3) is 5.50. The highest BCUT2D eigenvalue weighted by Crippen LogP contribution is 1.84. The van der Waals surface area contributed by atoms with Crippen molar-refractivity contribution < 1.29 is 5.11 Å². The van der Waals surface area contributed by atoms with Gasteiger partial charge in [0.2, 0.25) is 0 Å². The second-order valence-corrected chi connectivity index (χ2v) is 1.52. The van der Waals surface area contributed by atoms with Crippen LogP contribution in [0.15, 0.2) is 12.5 Å². The number of halogens is 1. The second-order valence-electron chi connectivity index (χ2n) is 1.52. The summed E-state index contributed by atoms with van der Waals surface area (Å²) in [6.07, 6.45) is 2.73. The van der Waals surface area contributed by atoms with Crippen LogP contribution >= 0.6 is 12.4 Å². The molecule has 0 aliphatic carbocycles. The molecule has 0 bridgehead atoms. The lowest BCUT2D eigenvalue weighted by atomic mass is 10.5.